The smallest absolute Gasteiger partial charge is 0.230 e. The van der Waals surface area contributed by atoms with Crippen LogP contribution in [0.5, 0.6) is 0 Å². The summed E-state index contributed by atoms with van der Waals surface area (Å²) in [6, 6.07) is 10.2. The molecule has 0 aliphatic rings. The van der Waals surface area contributed by atoms with Gasteiger partial charge in [-0.05, 0) is 44.2 Å². The topological polar surface area (TPSA) is 54.9 Å². The van der Waals surface area contributed by atoms with Gasteiger partial charge in [-0.3, -0.25) is 4.79 Å². The predicted molar refractivity (Wildman–Crippen MR) is 104 cm³/mol. The monoisotopic (exact) mass is 357 g/mol. The lowest BCUT2D eigenvalue weighted by atomic mass is 9.97. The molecule has 2 rings (SSSR count). The fourth-order valence-corrected chi connectivity index (χ4v) is 3.35. The molecule has 134 valence electrons. The van der Waals surface area contributed by atoms with E-state index in [1.54, 1.807) is 0 Å². The van der Waals surface area contributed by atoms with Crippen molar-refractivity contribution in [3.8, 4) is 0 Å². The second kappa shape index (κ2) is 8.99. The molecule has 2 aromatic rings. The van der Waals surface area contributed by atoms with Crippen LogP contribution in [0.15, 0.2) is 35.5 Å². The minimum absolute atomic E-state index is 0.0129. The lowest BCUT2D eigenvalue weighted by Crippen LogP contribution is -2.31. The van der Waals surface area contributed by atoms with Crippen LogP contribution in [0.4, 0.5) is 0 Å². The minimum atomic E-state index is 0.0129. The van der Waals surface area contributed by atoms with Gasteiger partial charge in [0.05, 0.1) is 11.8 Å². The van der Waals surface area contributed by atoms with E-state index >= 15 is 0 Å². The Morgan fingerprint density at radius 3 is 2.24 bits per heavy atom. The molecular weight excluding hydrogens is 330 g/mol. The Hall–Kier alpha value is -1.88. The largest absolute Gasteiger partial charge is 0.349 e. The number of rotatable bonds is 7. The third-order valence-corrected chi connectivity index (χ3v) is 5.04. The molecule has 0 bridgehead atoms. The average Bonchev–Trinajstić information content (AvgIpc) is 2.57. The summed E-state index contributed by atoms with van der Waals surface area (Å²) >= 11 is 1.39. The molecule has 1 atom stereocenters. The van der Waals surface area contributed by atoms with Crippen LogP contribution in [-0.4, -0.2) is 21.6 Å². The summed E-state index contributed by atoms with van der Waals surface area (Å²) in [7, 11) is 0. The molecule has 0 radical (unpaired) electrons. The van der Waals surface area contributed by atoms with Gasteiger partial charge in [-0.15, -0.1) is 0 Å². The Labute approximate surface area is 154 Å². The molecule has 0 aliphatic carbocycles. The van der Waals surface area contributed by atoms with Crippen molar-refractivity contribution in [2.45, 2.75) is 52.2 Å². The van der Waals surface area contributed by atoms with Crippen molar-refractivity contribution in [3.63, 3.8) is 0 Å². The van der Waals surface area contributed by atoms with Gasteiger partial charge in [-0.25, -0.2) is 9.97 Å². The van der Waals surface area contributed by atoms with Gasteiger partial charge in [0.25, 0.3) is 0 Å². The highest BCUT2D eigenvalue weighted by Crippen LogP contribution is 2.22. The summed E-state index contributed by atoms with van der Waals surface area (Å²) in [4.78, 5) is 21.4. The van der Waals surface area contributed by atoms with E-state index in [4.69, 9.17) is 0 Å². The third-order valence-electron chi connectivity index (χ3n) is 4.19. The fraction of sp³-hybridized carbons (Fsp3) is 0.450. The SMILES string of the molecule is Cc1nc(SCC(=O)NC(CC(C)C)c2ccccc2)nc(C)c1C. The third kappa shape index (κ3) is 5.85. The highest BCUT2D eigenvalue weighted by atomic mass is 32.2. The van der Waals surface area contributed by atoms with Crippen LogP contribution < -0.4 is 5.32 Å². The maximum Gasteiger partial charge on any atom is 0.230 e. The van der Waals surface area contributed by atoms with E-state index in [1.807, 2.05) is 39.0 Å². The summed E-state index contributed by atoms with van der Waals surface area (Å²) in [5.74, 6) is 0.839. The number of nitrogens with one attached hydrogen (secondary N) is 1. The first kappa shape index (κ1) is 19.4. The number of carbonyl (C=O) groups excluding carboxylic acids is 1. The molecule has 0 saturated carbocycles. The molecule has 1 amide bonds. The number of hydrogen-bond donors (Lipinski definition) is 1. The van der Waals surface area contributed by atoms with Gasteiger partial charge in [-0.1, -0.05) is 55.9 Å². The molecule has 0 saturated heterocycles. The van der Waals surface area contributed by atoms with Crippen molar-refractivity contribution in [3.05, 3.63) is 52.8 Å². The van der Waals surface area contributed by atoms with Crippen LogP contribution in [0.25, 0.3) is 0 Å². The Kier molecular flexibility index (Phi) is 7.00. The van der Waals surface area contributed by atoms with E-state index in [1.165, 1.54) is 11.8 Å². The lowest BCUT2D eigenvalue weighted by Gasteiger charge is -2.21. The van der Waals surface area contributed by atoms with Crippen molar-refractivity contribution in [1.82, 2.24) is 15.3 Å². The number of thioether (sulfide) groups is 1. The Morgan fingerprint density at radius 2 is 1.68 bits per heavy atom. The summed E-state index contributed by atoms with van der Waals surface area (Å²) in [6.07, 6.45) is 0.916. The maximum atomic E-state index is 12.4. The summed E-state index contributed by atoms with van der Waals surface area (Å²) < 4.78 is 0. The number of benzene rings is 1. The van der Waals surface area contributed by atoms with E-state index in [0.717, 1.165) is 28.9 Å². The van der Waals surface area contributed by atoms with Crippen LogP contribution in [0.1, 0.15) is 48.8 Å². The highest BCUT2D eigenvalue weighted by molar-refractivity contribution is 7.99. The first-order valence-electron chi connectivity index (χ1n) is 8.65. The molecule has 1 N–H and O–H groups in total. The highest BCUT2D eigenvalue weighted by Gasteiger charge is 2.16. The quantitative estimate of drug-likeness (QED) is 0.589. The Bertz CT molecular complexity index is 693. The first-order chi connectivity index (χ1) is 11.9. The van der Waals surface area contributed by atoms with E-state index in [9.17, 15) is 4.79 Å². The van der Waals surface area contributed by atoms with E-state index in [0.29, 0.717) is 16.8 Å². The van der Waals surface area contributed by atoms with Gasteiger partial charge in [-0.2, -0.15) is 0 Å². The van der Waals surface area contributed by atoms with Crippen molar-refractivity contribution >= 4 is 17.7 Å². The van der Waals surface area contributed by atoms with Crippen LogP contribution in [0.3, 0.4) is 0 Å². The van der Waals surface area contributed by atoms with E-state index in [-0.39, 0.29) is 11.9 Å². The average molecular weight is 358 g/mol. The zero-order chi connectivity index (χ0) is 18.4. The molecule has 1 heterocycles. The zero-order valence-electron chi connectivity index (χ0n) is 15.7. The Morgan fingerprint density at radius 1 is 1.08 bits per heavy atom. The number of nitrogens with zero attached hydrogens (tertiary/aromatic N) is 2. The molecule has 1 unspecified atom stereocenters. The number of aryl methyl sites for hydroxylation is 2. The normalized spacial score (nSPS) is 12.2. The lowest BCUT2D eigenvalue weighted by molar-refractivity contribution is -0.119. The van der Waals surface area contributed by atoms with Gasteiger partial charge < -0.3 is 5.32 Å². The molecule has 0 spiro atoms. The number of carbonyl (C=O) groups is 1. The summed E-state index contributed by atoms with van der Waals surface area (Å²) in [5.41, 5.74) is 4.19. The van der Waals surface area contributed by atoms with Crippen LogP contribution >= 0.6 is 11.8 Å². The molecule has 4 nitrogen and oxygen atoms in total. The van der Waals surface area contributed by atoms with Crippen molar-refractivity contribution in [2.75, 3.05) is 5.75 Å². The number of hydrogen-bond acceptors (Lipinski definition) is 4. The second-order valence-electron chi connectivity index (χ2n) is 6.75. The van der Waals surface area contributed by atoms with Gasteiger partial charge in [0.2, 0.25) is 5.91 Å². The van der Waals surface area contributed by atoms with Gasteiger partial charge in [0.15, 0.2) is 5.16 Å². The van der Waals surface area contributed by atoms with Crippen molar-refractivity contribution in [1.29, 1.82) is 0 Å². The standard InChI is InChI=1S/C20H27N3OS/c1-13(2)11-18(17-9-7-6-8-10-17)23-19(24)12-25-20-21-15(4)14(3)16(5)22-20/h6-10,13,18H,11-12H2,1-5H3,(H,23,24). The van der Waals surface area contributed by atoms with Crippen molar-refractivity contribution < 1.29 is 4.79 Å². The summed E-state index contributed by atoms with van der Waals surface area (Å²) in [5, 5.41) is 3.82. The van der Waals surface area contributed by atoms with Crippen LogP contribution in [-0.2, 0) is 4.79 Å². The van der Waals surface area contributed by atoms with Gasteiger partial charge >= 0.3 is 0 Å². The van der Waals surface area contributed by atoms with Crippen LogP contribution in [0.2, 0.25) is 0 Å². The van der Waals surface area contributed by atoms with Gasteiger partial charge in [0.1, 0.15) is 0 Å². The number of amides is 1. The maximum absolute atomic E-state index is 12.4. The second-order valence-corrected chi connectivity index (χ2v) is 7.69. The van der Waals surface area contributed by atoms with Crippen molar-refractivity contribution in [2.24, 2.45) is 5.92 Å². The summed E-state index contributed by atoms with van der Waals surface area (Å²) in [6.45, 7) is 10.3. The van der Waals surface area contributed by atoms with E-state index in [2.05, 4.69) is 41.3 Å². The predicted octanol–water partition coefficient (Wildman–Crippen LogP) is 4.40. The molecule has 1 aromatic heterocycles. The molecule has 1 aromatic carbocycles. The Balaban J connectivity index is 1.99. The molecule has 0 fully saturated rings. The molecule has 0 aliphatic heterocycles. The molecule has 5 heteroatoms. The van der Waals surface area contributed by atoms with Gasteiger partial charge in [0, 0.05) is 11.4 Å². The number of aromatic nitrogens is 2. The molecular formula is C20H27N3OS. The first-order valence-corrected chi connectivity index (χ1v) is 9.64. The minimum Gasteiger partial charge on any atom is -0.349 e. The molecule has 25 heavy (non-hydrogen) atoms. The fourth-order valence-electron chi connectivity index (χ4n) is 2.61. The van der Waals surface area contributed by atoms with E-state index < -0.39 is 0 Å². The zero-order valence-corrected chi connectivity index (χ0v) is 16.5. The van der Waals surface area contributed by atoms with Crippen LogP contribution in [0, 0.1) is 26.7 Å².